The molecule has 0 unspecified atom stereocenters. The first-order chi connectivity index (χ1) is 11.6. The zero-order valence-corrected chi connectivity index (χ0v) is 14.8. The van der Waals surface area contributed by atoms with E-state index in [1.165, 1.54) is 38.1 Å². The van der Waals surface area contributed by atoms with E-state index in [1.54, 1.807) is 0 Å². The fourth-order valence-electron chi connectivity index (χ4n) is 1.83. The molecule has 0 aliphatic heterocycles. The molecule has 0 heterocycles. The molecule has 4 nitrogen and oxygen atoms in total. The number of carbonyl (C=O) groups excluding carboxylic acids is 2. The maximum absolute atomic E-state index is 13.2. The molecule has 0 radical (unpaired) electrons. The van der Waals surface area contributed by atoms with Crippen molar-refractivity contribution in [3.8, 4) is 0 Å². The van der Waals surface area contributed by atoms with Gasteiger partial charge >= 0.3 is 0 Å². The second-order valence-corrected chi connectivity index (χ2v) is 6.61. The largest absolute Gasteiger partial charge is 0.325 e. The van der Waals surface area contributed by atoms with Crippen LogP contribution in [-0.4, -0.2) is 11.8 Å². The Bertz CT molecular complexity index is 774. The van der Waals surface area contributed by atoms with E-state index in [9.17, 15) is 18.4 Å². The van der Waals surface area contributed by atoms with E-state index < -0.39 is 28.9 Å². The van der Waals surface area contributed by atoms with Gasteiger partial charge in [-0.1, -0.05) is 23.2 Å². The zero-order chi connectivity index (χ0) is 18.8. The van der Waals surface area contributed by atoms with Gasteiger partial charge in [0.2, 0.25) is 11.8 Å². The molecule has 8 heteroatoms. The molecule has 2 aromatic rings. The molecule has 0 aliphatic rings. The van der Waals surface area contributed by atoms with Gasteiger partial charge in [0.1, 0.15) is 17.0 Å². The second-order valence-electron chi connectivity index (χ2n) is 5.79. The molecule has 25 heavy (non-hydrogen) atoms. The van der Waals surface area contributed by atoms with Gasteiger partial charge in [0.25, 0.3) is 0 Å². The van der Waals surface area contributed by atoms with Crippen molar-refractivity contribution in [2.45, 2.75) is 13.8 Å². The Morgan fingerprint density at radius 2 is 1.20 bits per heavy atom. The number of amides is 2. The van der Waals surface area contributed by atoms with Crippen molar-refractivity contribution in [1.29, 1.82) is 0 Å². The molecule has 0 atom stereocenters. The highest BCUT2D eigenvalue weighted by atomic mass is 35.5. The van der Waals surface area contributed by atoms with E-state index in [0.717, 1.165) is 12.1 Å². The van der Waals surface area contributed by atoms with Gasteiger partial charge in [-0.2, -0.15) is 0 Å². The van der Waals surface area contributed by atoms with Crippen molar-refractivity contribution >= 4 is 46.4 Å². The Morgan fingerprint density at radius 3 is 1.52 bits per heavy atom. The van der Waals surface area contributed by atoms with Gasteiger partial charge in [-0.15, -0.1) is 0 Å². The SMILES string of the molecule is CC(C)(C(=O)Nc1ccc(F)c(Cl)c1)C(=O)Nc1ccc(F)c(Cl)c1. The number of anilines is 2. The topological polar surface area (TPSA) is 58.2 Å². The average molecular weight is 387 g/mol. The summed E-state index contributed by atoms with van der Waals surface area (Å²) in [6.07, 6.45) is 0. The monoisotopic (exact) mass is 386 g/mol. The lowest BCUT2D eigenvalue weighted by Crippen LogP contribution is -2.41. The van der Waals surface area contributed by atoms with Crippen LogP contribution in [-0.2, 0) is 9.59 Å². The average Bonchev–Trinajstić information content (AvgIpc) is 2.54. The summed E-state index contributed by atoms with van der Waals surface area (Å²) < 4.78 is 26.3. The van der Waals surface area contributed by atoms with Crippen LogP contribution in [0.3, 0.4) is 0 Å². The Balaban J connectivity index is 2.12. The Kier molecular flexibility index (Phi) is 5.65. The number of carbonyl (C=O) groups is 2. The summed E-state index contributed by atoms with van der Waals surface area (Å²) in [5.41, 5.74) is -0.967. The summed E-state index contributed by atoms with van der Waals surface area (Å²) in [6.45, 7) is 2.82. The van der Waals surface area contributed by atoms with E-state index in [4.69, 9.17) is 23.2 Å². The standard InChI is InChI=1S/C17H14Cl2F2N2O2/c1-17(2,15(24)22-9-3-5-13(20)11(18)7-9)16(25)23-10-4-6-14(21)12(19)8-10/h3-8H,1-2H3,(H,22,24)(H,23,25). The van der Waals surface area contributed by atoms with Crippen LogP contribution < -0.4 is 10.6 Å². The summed E-state index contributed by atoms with van der Waals surface area (Å²) in [5.74, 6) is -2.49. The van der Waals surface area contributed by atoms with Crippen LogP contribution in [0.2, 0.25) is 10.0 Å². The third-order valence-electron chi connectivity index (χ3n) is 3.49. The maximum Gasteiger partial charge on any atom is 0.239 e. The van der Waals surface area contributed by atoms with Crippen LogP contribution in [0, 0.1) is 17.0 Å². The fraction of sp³-hybridized carbons (Fsp3) is 0.176. The highest BCUT2D eigenvalue weighted by molar-refractivity contribution is 6.31. The minimum Gasteiger partial charge on any atom is -0.325 e. The summed E-state index contributed by atoms with van der Waals surface area (Å²) in [5, 5.41) is 4.70. The molecule has 2 N–H and O–H groups in total. The van der Waals surface area contributed by atoms with Crippen LogP contribution >= 0.6 is 23.2 Å². The molecule has 0 aromatic heterocycles. The maximum atomic E-state index is 13.2. The molecule has 0 saturated heterocycles. The van der Waals surface area contributed by atoms with E-state index >= 15 is 0 Å². The molecule has 0 saturated carbocycles. The van der Waals surface area contributed by atoms with Gasteiger partial charge in [0.15, 0.2) is 0 Å². The molecule has 0 spiro atoms. The lowest BCUT2D eigenvalue weighted by atomic mass is 9.90. The van der Waals surface area contributed by atoms with Crippen LogP contribution in [0.1, 0.15) is 13.8 Å². The van der Waals surface area contributed by atoms with Crippen LogP contribution in [0.5, 0.6) is 0 Å². The smallest absolute Gasteiger partial charge is 0.239 e. The number of hydrogen-bond donors (Lipinski definition) is 2. The lowest BCUT2D eigenvalue weighted by Gasteiger charge is -2.23. The van der Waals surface area contributed by atoms with Crippen molar-refractivity contribution in [1.82, 2.24) is 0 Å². The number of nitrogens with one attached hydrogen (secondary N) is 2. The van der Waals surface area contributed by atoms with Crippen molar-refractivity contribution in [3.63, 3.8) is 0 Å². The molecular formula is C17H14Cl2F2N2O2. The van der Waals surface area contributed by atoms with Crippen LogP contribution in [0.4, 0.5) is 20.2 Å². The van der Waals surface area contributed by atoms with Gasteiger partial charge < -0.3 is 10.6 Å². The molecule has 0 fully saturated rings. The summed E-state index contributed by atoms with van der Waals surface area (Å²) >= 11 is 11.3. The highest BCUT2D eigenvalue weighted by Crippen LogP contribution is 2.25. The van der Waals surface area contributed by atoms with Gasteiger partial charge in [-0.05, 0) is 50.2 Å². The molecule has 2 rings (SSSR count). The predicted molar refractivity (Wildman–Crippen MR) is 93.9 cm³/mol. The molecule has 0 aliphatic carbocycles. The Hall–Kier alpha value is -2.18. The number of halogens is 4. The number of benzene rings is 2. The normalized spacial score (nSPS) is 11.1. The van der Waals surface area contributed by atoms with Crippen LogP contribution in [0.25, 0.3) is 0 Å². The molecule has 2 amide bonds. The van der Waals surface area contributed by atoms with E-state index in [2.05, 4.69) is 10.6 Å². The molecule has 132 valence electrons. The van der Waals surface area contributed by atoms with Gasteiger partial charge in [0, 0.05) is 11.4 Å². The lowest BCUT2D eigenvalue weighted by molar-refractivity contribution is -0.135. The number of rotatable bonds is 4. The van der Waals surface area contributed by atoms with Gasteiger partial charge in [-0.3, -0.25) is 9.59 Å². The van der Waals surface area contributed by atoms with Gasteiger partial charge in [-0.25, -0.2) is 8.78 Å². The minimum absolute atomic E-state index is 0.152. The first-order valence-corrected chi connectivity index (χ1v) is 7.90. The fourth-order valence-corrected chi connectivity index (χ4v) is 2.19. The Labute approximate surface area is 153 Å². The summed E-state index contributed by atoms with van der Waals surface area (Å²) in [7, 11) is 0. The summed E-state index contributed by atoms with van der Waals surface area (Å²) in [6, 6.07) is 7.34. The first kappa shape index (κ1) is 19.1. The predicted octanol–water partition coefficient (Wildman–Crippen LogP) is 4.88. The quantitative estimate of drug-likeness (QED) is 0.735. The zero-order valence-electron chi connectivity index (χ0n) is 13.3. The molecular weight excluding hydrogens is 373 g/mol. The van der Waals surface area contributed by atoms with Crippen LogP contribution in [0.15, 0.2) is 36.4 Å². The molecule has 0 bridgehead atoms. The first-order valence-electron chi connectivity index (χ1n) is 7.14. The van der Waals surface area contributed by atoms with Crippen molar-refractivity contribution in [2.24, 2.45) is 5.41 Å². The third-order valence-corrected chi connectivity index (χ3v) is 4.07. The minimum atomic E-state index is -1.47. The van der Waals surface area contributed by atoms with Crippen molar-refractivity contribution < 1.29 is 18.4 Å². The van der Waals surface area contributed by atoms with Gasteiger partial charge in [0.05, 0.1) is 10.0 Å². The second kappa shape index (κ2) is 7.37. The molecule has 2 aromatic carbocycles. The highest BCUT2D eigenvalue weighted by Gasteiger charge is 2.36. The summed E-state index contributed by atoms with van der Waals surface area (Å²) in [4.78, 5) is 24.8. The third kappa shape index (κ3) is 4.46. The number of hydrogen-bond acceptors (Lipinski definition) is 2. The van der Waals surface area contributed by atoms with E-state index in [1.807, 2.05) is 0 Å². The van der Waals surface area contributed by atoms with Crippen molar-refractivity contribution in [3.05, 3.63) is 58.1 Å². The van der Waals surface area contributed by atoms with Crippen molar-refractivity contribution in [2.75, 3.05) is 10.6 Å². The Morgan fingerprint density at radius 1 is 0.840 bits per heavy atom. The van der Waals surface area contributed by atoms with E-state index in [-0.39, 0.29) is 21.4 Å². The van der Waals surface area contributed by atoms with E-state index in [0.29, 0.717) is 0 Å².